The summed E-state index contributed by atoms with van der Waals surface area (Å²) >= 11 is 0. The van der Waals surface area contributed by atoms with Crippen LogP contribution in [0.5, 0.6) is 0 Å². The van der Waals surface area contributed by atoms with Gasteiger partial charge in [-0.15, -0.1) is 0 Å². The van der Waals surface area contributed by atoms with Gasteiger partial charge in [-0.25, -0.2) is 9.37 Å². The number of aromatic nitrogens is 1. The van der Waals surface area contributed by atoms with E-state index >= 15 is 0 Å². The van der Waals surface area contributed by atoms with E-state index in [0.29, 0.717) is 0 Å². The molecule has 0 bridgehead atoms. The van der Waals surface area contributed by atoms with E-state index in [1.165, 1.54) is 18.6 Å². The number of anilines is 3. The number of piperazine rings is 1. The number of rotatable bonds is 4. The normalized spacial score (nSPS) is 18.2. The van der Waals surface area contributed by atoms with E-state index in [-0.39, 0.29) is 17.6 Å². The molecule has 2 heterocycles. The Balaban J connectivity index is 1.30. The van der Waals surface area contributed by atoms with Crippen molar-refractivity contribution in [3.05, 3.63) is 48.4 Å². The van der Waals surface area contributed by atoms with Gasteiger partial charge in [0.15, 0.2) is 0 Å². The van der Waals surface area contributed by atoms with E-state index in [4.69, 9.17) is 0 Å². The molecule has 1 saturated heterocycles. The van der Waals surface area contributed by atoms with Gasteiger partial charge in [0.1, 0.15) is 11.6 Å². The molecule has 1 amide bonds. The fourth-order valence-electron chi connectivity index (χ4n) is 4.10. The molecular formula is C22H27FN4O. The first-order valence-corrected chi connectivity index (χ1v) is 10.2. The van der Waals surface area contributed by atoms with Crippen LogP contribution in [0.4, 0.5) is 21.6 Å². The molecule has 2 fully saturated rings. The SMILES string of the molecule is O=C(Nc1ccc(N2CCN(c3ccc(F)cc3)CC2)nc1)C1CCCCC1. The molecule has 1 N–H and O–H groups in total. The van der Waals surface area contributed by atoms with Crippen LogP contribution < -0.4 is 15.1 Å². The molecular weight excluding hydrogens is 355 g/mol. The summed E-state index contributed by atoms with van der Waals surface area (Å²) in [6, 6.07) is 10.6. The molecule has 0 radical (unpaired) electrons. The maximum atomic E-state index is 13.1. The van der Waals surface area contributed by atoms with E-state index in [1.807, 2.05) is 24.3 Å². The highest BCUT2D eigenvalue weighted by molar-refractivity contribution is 5.92. The van der Waals surface area contributed by atoms with E-state index in [9.17, 15) is 9.18 Å². The van der Waals surface area contributed by atoms with Crippen LogP contribution in [0.1, 0.15) is 32.1 Å². The second kappa shape index (κ2) is 8.59. The highest BCUT2D eigenvalue weighted by atomic mass is 19.1. The zero-order valence-electron chi connectivity index (χ0n) is 16.1. The lowest BCUT2D eigenvalue weighted by molar-refractivity contribution is -0.120. The number of pyridine rings is 1. The van der Waals surface area contributed by atoms with Crippen LogP contribution in [0.25, 0.3) is 0 Å². The zero-order chi connectivity index (χ0) is 19.3. The molecule has 5 nitrogen and oxygen atoms in total. The third kappa shape index (κ3) is 4.43. The van der Waals surface area contributed by atoms with Crippen LogP contribution in [0.3, 0.4) is 0 Å². The first-order chi connectivity index (χ1) is 13.7. The molecule has 28 heavy (non-hydrogen) atoms. The van der Waals surface area contributed by atoms with Crippen molar-refractivity contribution < 1.29 is 9.18 Å². The van der Waals surface area contributed by atoms with Gasteiger partial charge in [0.2, 0.25) is 5.91 Å². The van der Waals surface area contributed by atoms with Crippen LogP contribution in [0.15, 0.2) is 42.6 Å². The van der Waals surface area contributed by atoms with Crippen molar-refractivity contribution in [2.24, 2.45) is 5.92 Å². The molecule has 1 aromatic heterocycles. The Morgan fingerprint density at radius 3 is 2.25 bits per heavy atom. The topological polar surface area (TPSA) is 48.5 Å². The Bertz CT molecular complexity index is 779. The van der Waals surface area contributed by atoms with Crippen LogP contribution in [-0.4, -0.2) is 37.1 Å². The Morgan fingerprint density at radius 2 is 1.61 bits per heavy atom. The van der Waals surface area contributed by atoms with Crippen molar-refractivity contribution in [2.75, 3.05) is 41.3 Å². The highest BCUT2D eigenvalue weighted by Gasteiger charge is 2.22. The fourth-order valence-corrected chi connectivity index (χ4v) is 4.10. The lowest BCUT2D eigenvalue weighted by Gasteiger charge is -2.36. The lowest BCUT2D eigenvalue weighted by atomic mass is 9.88. The maximum Gasteiger partial charge on any atom is 0.227 e. The van der Waals surface area contributed by atoms with Gasteiger partial charge in [0.05, 0.1) is 11.9 Å². The quantitative estimate of drug-likeness (QED) is 0.866. The number of carbonyl (C=O) groups excluding carboxylic acids is 1. The molecule has 6 heteroatoms. The summed E-state index contributed by atoms with van der Waals surface area (Å²) in [6.45, 7) is 3.46. The molecule has 1 aliphatic heterocycles. The van der Waals surface area contributed by atoms with Gasteiger partial charge < -0.3 is 15.1 Å². The summed E-state index contributed by atoms with van der Waals surface area (Å²) in [4.78, 5) is 21.4. The second-order valence-electron chi connectivity index (χ2n) is 7.68. The molecule has 1 aromatic carbocycles. The monoisotopic (exact) mass is 382 g/mol. The van der Waals surface area contributed by atoms with Gasteiger partial charge in [-0.1, -0.05) is 19.3 Å². The number of benzene rings is 1. The van der Waals surface area contributed by atoms with Gasteiger partial charge in [0.25, 0.3) is 0 Å². The molecule has 1 aliphatic carbocycles. The van der Waals surface area contributed by atoms with E-state index in [1.54, 1.807) is 6.20 Å². The van der Waals surface area contributed by atoms with E-state index < -0.39 is 0 Å². The second-order valence-corrected chi connectivity index (χ2v) is 7.68. The van der Waals surface area contributed by atoms with Gasteiger partial charge in [0, 0.05) is 37.8 Å². The van der Waals surface area contributed by atoms with Crippen molar-refractivity contribution in [2.45, 2.75) is 32.1 Å². The van der Waals surface area contributed by atoms with Crippen molar-refractivity contribution in [3.63, 3.8) is 0 Å². The van der Waals surface area contributed by atoms with Gasteiger partial charge in [-0.3, -0.25) is 4.79 Å². The van der Waals surface area contributed by atoms with Crippen molar-refractivity contribution in [3.8, 4) is 0 Å². The number of carbonyl (C=O) groups is 1. The number of amides is 1. The van der Waals surface area contributed by atoms with E-state index in [0.717, 1.165) is 69.1 Å². The third-order valence-electron chi connectivity index (χ3n) is 5.79. The number of halogens is 1. The number of nitrogens with one attached hydrogen (secondary N) is 1. The van der Waals surface area contributed by atoms with Crippen LogP contribution in [0.2, 0.25) is 0 Å². The number of nitrogens with zero attached hydrogens (tertiary/aromatic N) is 3. The standard InChI is InChI=1S/C22H27FN4O/c23-18-6-9-20(10-7-18)26-12-14-27(15-13-26)21-11-8-19(16-24-21)25-22(28)17-4-2-1-3-5-17/h6-11,16-17H,1-5,12-15H2,(H,25,28). The lowest BCUT2D eigenvalue weighted by Crippen LogP contribution is -2.46. The predicted molar refractivity (Wildman–Crippen MR) is 110 cm³/mol. The highest BCUT2D eigenvalue weighted by Crippen LogP contribution is 2.25. The summed E-state index contributed by atoms with van der Waals surface area (Å²) < 4.78 is 13.1. The average Bonchev–Trinajstić information content (AvgIpc) is 2.76. The molecule has 2 aliphatic rings. The van der Waals surface area contributed by atoms with Crippen molar-refractivity contribution >= 4 is 23.1 Å². The van der Waals surface area contributed by atoms with Gasteiger partial charge in [-0.2, -0.15) is 0 Å². The Morgan fingerprint density at radius 1 is 0.929 bits per heavy atom. The van der Waals surface area contributed by atoms with Crippen LogP contribution in [0, 0.1) is 11.7 Å². The largest absolute Gasteiger partial charge is 0.368 e. The Hall–Kier alpha value is -2.63. The first-order valence-electron chi connectivity index (χ1n) is 10.2. The first kappa shape index (κ1) is 18.7. The molecule has 0 unspecified atom stereocenters. The van der Waals surface area contributed by atoms with Gasteiger partial charge >= 0.3 is 0 Å². The summed E-state index contributed by atoms with van der Waals surface area (Å²) in [5.74, 6) is 0.992. The summed E-state index contributed by atoms with van der Waals surface area (Å²) in [7, 11) is 0. The molecule has 0 atom stereocenters. The van der Waals surface area contributed by atoms with Gasteiger partial charge in [-0.05, 0) is 49.2 Å². The Kier molecular flexibility index (Phi) is 5.74. The summed E-state index contributed by atoms with van der Waals surface area (Å²) in [6.07, 6.45) is 7.29. The van der Waals surface area contributed by atoms with Crippen LogP contribution in [-0.2, 0) is 4.79 Å². The summed E-state index contributed by atoms with van der Waals surface area (Å²) in [5, 5.41) is 3.02. The predicted octanol–water partition coefficient (Wildman–Crippen LogP) is 4.07. The van der Waals surface area contributed by atoms with Crippen LogP contribution >= 0.6 is 0 Å². The zero-order valence-corrected chi connectivity index (χ0v) is 16.1. The number of hydrogen-bond donors (Lipinski definition) is 1. The minimum atomic E-state index is -0.206. The molecule has 4 rings (SSSR count). The third-order valence-corrected chi connectivity index (χ3v) is 5.79. The average molecular weight is 382 g/mol. The summed E-state index contributed by atoms with van der Waals surface area (Å²) in [5.41, 5.74) is 1.82. The minimum absolute atomic E-state index is 0.127. The number of hydrogen-bond acceptors (Lipinski definition) is 4. The van der Waals surface area contributed by atoms with E-state index in [2.05, 4.69) is 20.1 Å². The molecule has 148 valence electrons. The van der Waals surface area contributed by atoms with Crippen molar-refractivity contribution in [1.82, 2.24) is 4.98 Å². The minimum Gasteiger partial charge on any atom is -0.368 e. The molecule has 2 aromatic rings. The molecule has 1 saturated carbocycles. The smallest absolute Gasteiger partial charge is 0.227 e. The van der Waals surface area contributed by atoms with Crippen molar-refractivity contribution in [1.29, 1.82) is 0 Å². The molecule has 0 spiro atoms. The Labute approximate surface area is 165 Å². The fraction of sp³-hybridized carbons (Fsp3) is 0.455. The maximum absolute atomic E-state index is 13.1.